The van der Waals surface area contributed by atoms with Crippen molar-refractivity contribution in [2.75, 3.05) is 13.1 Å². The van der Waals surface area contributed by atoms with Gasteiger partial charge >= 0.3 is 0 Å². The van der Waals surface area contributed by atoms with E-state index in [1.165, 1.54) is 37.1 Å². The molecule has 6 rings (SSSR count). The summed E-state index contributed by atoms with van der Waals surface area (Å²) in [4.78, 5) is 7.88. The van der Waals surface area contributed by atoms with E-state index in [1.54, 1.807) is 0 Å². The summed E-state index contributed by atoms with van der Waals surface area (Å²) in [6.07, 6.45) is 4.48. The molecule has 3 aliphatic heterocycles. The van der Waals surface area contributed by atoms with Crippen LogP contribution in [0.2, 0.25) is 5.02 Å². The summed E-state index contributed by atoms with van der Waals surface area (Å²) in [6, 6.07) is 30.5. The lowest BCUT2D eigenvalue weighted by atomic mass is 9.71. The Balaban J connectivity index is 1.56. The predicted molar refractivity (Wildman–Crippen MR) is 126 cm³/mol. The van der Waals surface area contributed by atoms with Gasteiger partial charge in [-0.15, -0.1) is 0 Å². The number of hydrogen-bond donors (Lipinski definition) is 0. The molecule has 152 valence electrons. The maximum Gasteiger partial charge on any atom is 0.0693 e. The molecule has 0 N–H and O–H groups in total. The van der Waals surface area contributed by atoms with Crippen LogP contribution in [0.3, 0.4) is 0 Å². The maximum absolute atomic E-state index is 6.41. The summed E-state index contributed by atoms with van der Waals surface area (Å²) in [6.45, 7) is 2.34. The van der Waals surface area contributed by atoms with Crippen LogP contribution in [0.25, 0.3) is 0 Å². The van der Waals surface area contributed by atoms with Gasteiger partial charge in [0.25, 0.3) is 0 Å². The second kappa shape index (κ2) is 8.75. The Morgan fingerprint density at radius 1 is 0.800 bits per heavy atom. The van der Waals surface area contributed by atoms with E-state index in [-0.39, 0.29) is 6.04 Å². The van der Waals surface area contributed by atoms with Gasteiger partial charge in [-0.1, -0.05) is 90.5 Å². The van der Waals surface area contributed by atoms with Crippen molar-refractivity contribution in [3.05, 3.63) is 107 Å². The standard InChI is InChI=1S/C27H27ClN2/c28-24-14-8-7-13-23(24)19-29-26-22-15-17-30(18-16-22)27(26)25(20-9-3-1-4-10-20)21-11-5-2-6-12-21/h1-14,19,22,25-27H,15-18H2/b29-19-. The first kappa shape index (κ1) is 19.5. The minimum atomic E-state index is 0.272. The summed E-state index contributed by atoms with van der Waals surface area (Å²) < 4.78 is 0. The molecule has 0 spiro atoms. The van der Waals surface area contributed by atoms with E-state index in [0.29, 0.717) is 17.9 Å². The zero-order valence-electron chi connectivity index (χ0n) is 17.1. The fourth-order valence-electron chi connectivity index (χ4n) is 5.33. The minimum Gasteiger partial charge on any atom is -0.297 e. The first-order valence-electron chi connectivity index (χ1n) is 10.9. The molecule has 2 nitrogen and oxygen atoms in total. The molecule has 0 amide bonds. The van der Waals surface area contributed by atoms with E-state index < -0.39 is 0 Å². The molecular formula is C27H27ClN2. The van der Waals surface area contributed by atoms with Crippen molar-refractivity contribution in [3.63, 3.8) is 0 Å². The van der Waals surface area contributed by atoms with E-state index in [1.807, 2.05) is 30.5 Å². The average Bonchev–Trinajstić information content (AvgIpc) is 2.81. The van der Waals surface area contributed by atoms with Gasteiger partial charge in [0, 0.05) is 28.8 Å². The number of nitrogens with zero attached hydrogens (tertiary/aromatic N) is 2. The van der Waals surface area contributed by atoms with Crippen LogP contribution in [0.4, 0.5) is 0 Å². The molecule has 30 heavy (non-hydrogen) atoms. The molecule has 2 bridgehead atoms. The van der Waals surface area contributed by atoms with Crippen LogP contribution in [0, 0.1) is 5.92 Å². The molecule has 0 aliphatic carbocycles. The van der Waals surface area contributed by atoms with E-state index in [4.69, 9.17) is 16.6 Å². The first-order valence-corrected chi connectivity index (χ1v) is 11.3. The number of piperidine rings is 3. The van der Waals surface area contributed by atoms with E-state index >= 15 is 0 Å². The topological polar surface area (TPSA) is 15.6 Å². The number of aliphatic imine (C=N–C) groups is 1. The molecule has 3 heteroatoms. The van der Waals surface area contributed by atoms with E-state index in [2.05, 4.69) is 65.6 Å². The molecule has 0 saturated carbocycles. The lowest BCUT2D eigenvalue weighted by Crippen LogP contribution is -2.59. The summed E-state index contributed by atoms with van der Waals surface area (Å²) in [5.41, 5.74) is 3.75. The van der Waals surface area contributed by atoms with Gasteiger partial charge in [-0.2, -0.15) is 0 Å². The van der Waals surface area contributed by atoms with Crippen LogP contribution < -0.4 is 0 Å². The van der Waals surface area contributed by atoms with Crippen molar-refractivity contribution in [2.45, 2.75) is 30.8 Å². The van der Waals surface area contributed by atoms with Crippen LogP contribution in [-0.4, -0.2) is 36.3 Å². The average molecular weight is 415 g/mol. The molecule has 3 saturated heterocycles. The lowest BCUT2D eigenvalue weighted by molar-refractivity contribution is 0.0215. The van der Waals surface area contributed by atoms with Crippen molar-refractivity contribution < 1.29 is 0 Å². The SMILES string of the molecule is Clc1ccccc1/C=N\C1C2CCN(CC2)C1C(c1ccccc1)c1ccccc1. The highest BCUT2D eigenvalue weighted by Crippen LogP contribution is 2.43. The van der Waals surface area contributed by atoms with Crippen molar-refractivity contribution in [3.8, 4) is 0 Å². The van der Waals surface area contributed by atoms with Gasteiger partial charge in [0.05, 0.1) is 6.04 Å². The smallest absolute Gasteiger partial charge is 0.0693 e. The summed E-state index contributed by atoms with van der Waals surface area (Å²) in [7, 11) is 0. The number of fused-ring (bicyclic) bond motifs is 3. The first-order chi connectivity index (χ1) is 14.8. The normalized spacial score (nSPS) is 25.8. The Morgan fingerprint density at radius 3 is 1.97 bits per heavy atom. The van der Waals surface area contributed by atoms with Gasteiger partial charge in [-0.25, -0.2) is 0 Å². The van der Waals surface area contributed by atoms with Gasteiger partial charge in [0.1, 0.15) is 0 Å². The third-order valence-electron chi connectivity index (χ3n) is 6.78. The Bertz CT molecular complexity index is 954. The highest BCUT2D eigenvalue weighted by molar-refractivity contribution is 6.33. The maximum atomic E-state index is 6.41. The van der Waals surface area contributed by atoms with Crippen LogP contribution >= 0.6 is 11.6 Å². The predicted octanol–water partition coefficient (Wildman–Crippen LogP) is 6.05. The van der Waals surface area contributed by atoms with Gasteiger partial charge < -0.3 is 0 Å². The Morgan fingerprint density at radius 2 is 1.37 bits per heavy atom. The van der Waals surface area contributed by atoms with E-state index in [0.717, 1.165) is 10.6 Å². The van der Waals surface area contributed by atoms with Crippen molar-refractivity contribution >= 4 is 17.8 Å². The fraction of sp³-hybridized carbons (Fsp3) is 0.296. The monoisotopic (exact) mass is 414 g/mol. The van der Waals surface area contributed by atoms with Gasteiger partial charge in [-0.3, -0.25) is 9.89 Å². The number of rotatable bonds is 5. The molecular weight excluding hydrogens is 388 g/mol. The van der Waals surface area contributed by atoms with Crippen molar-refractivity contribution in [1.29, 1.82) is 0 Å². The number of hydrogen-bond acceptors (Lipinski definition) is 2. The molecule has 3 aliphatic rings. The second-order valence-electron chi connectivity index (χ2n) is 8.45. The minimum absolute atomic E-state index is 0.272. The Kier molecular flexibility index (Phi) is 5.70. The fourth-order valence-corrected chi connectivity index (χ4v) is 5.51. The zero-order chi connectivity index (χ0) is 20.3. The molecule has 2 unspecified atom stereocenters. The summed E-state index contributed by atoms with van der Waals surface area (Å²) in [5.74, 6) is 0.942. The molecule has 3 aromatic carbocycles. The van der Waals surface area contributed by atoms with Crippen molar-refractivity contribution in [2.24, 2.45) is 10.9 Å². The number of benzene rings is 3. The van der Waals surface area contributed by atoms with Crippen molar-refractivity contribution in [1.82, 2.24) is 4.90 Å². The lowest BCUT2D eigenvalue weighted by Gasteiger charge is -2.52. The summed E-state index contributed by atoms with van der Waals surface area (Å²) >= 11 is 6.41. The Labute approximate surface area is 184 Å². The molecule has 0 aromatic heterocycles. The number of halogens is 1. The molecule has 2 atom stereocenters. The largest absolute Gasteiger partial charge is 0.297 e. The van der Waals surface area contributed by atoms with Gasteiger partial charge in [-0.05, 0) is 49.0 Å². The van der Waals surface area contributed by atoms with Crippen LogP contribution in [0.15, 0.2) is 89.9 Å². The van der Waals surface area contributed by atoms with Crippen LogP contribution in [0.5, 0.6) is 0 Å². The Hall–Kier alpha value is -2.42. The zero-order valence-corrected chi connectivity index (χ0v) is 17.8. The third-order valence-corrected chi connectivity index (χ3v) is 7.12. The molecule has 3 fully saturated rings. The van der Waals surface area contributed by atoms with E-state index in [9.17, 15) is 0 Å². The third kappa shape index (κ3) is 3.82. The molecule has 0 radical (unpaired) electrons. The van der Waals surface area contributed by atoms with Gasteiger partial charge in [0.2, 0.25) is 0 Å². The van der Waals surface area contributed by atoms with Crippen LogP contribution in [0.1, 0.15) is 35.4 Å². The van der Waals surface area contributed by atoms with Crippen LogP contribution in [-0.2, 0) is 0 Å². The second-order valence-corrected chi connectivity index (χ2v) is 8.86. The van der Waals surface area contributed by atoms with Gasteiger partial charge in [0.15, 0.2) is 0 Å². The highest BCUT2D eigenvalue weighted by atomic mass is 35.5. The summed E-state index contributed by atoms with van der Waals surface area (Å²) in [5, 5.41) is 0.766. The molecule has 3 aromatic rings. The molecule has 3 heterocycles. The quantitative estimate of drug-likeness (QED) is 0.464. The highest BCUT2D eigenvalue weighted by Gasteiger charge is 2.46.